The number of phenolic OH excluding ortho intramolecular Hbond substituents is 1. The Morgan fingerprint density at radius 2 is 1.70 bits per heavy atom. The normalized spacial score (nSPS) is 17.6. The average molecular weight is 284 g/mol. The van der Waals surface area contributed by atoms with E-state index in [1.165, 1.54) is 18.6 Å². The summed E-state index contributed by atoms with van der Waals surface area (Å²) in [4.78, 5) is 4.31. The summed E-state index contributed by atoms with van der Waals surface area (Å²) in [5, 5.41) is 9.10. The molecule has 2 rings (SSSR count). The fourth-order valence-corrected chi connectivity index (χ4v) is 2.91. The van der Waals surface area contributed by atoms with E-state index in [0.29, 0.717) is 12.1 Å². The maximum atomic E-state index is 13.3. The van der Waals surface area contributed by atoms with Crippen LogP contribution in [0.25, 0.3) is 0 Å². The molecule has 1 aromatic carbocycles. The second kappa shape index (κ2) is 5.66. The van der Waals surface area contributed by atoms with Crippen molar-refractivity contribution < 1.29 is 13.9 Å². The number of hydrogen-bond donors (Lipinski definition) is 1. The average Bonchev–Trinajstić information content (AvgIpc) is 2.30. The zero-order valence-electron chi connectivity index (χ0n) is 12.3. The maximum Gasteiger partial charge on any atom is 0.187 e. The van der Waals surface area contributed by atoms with Gasteiger partial charge in [0.1, 0.15) is 0 Å². The molecule has 3 nitrogen and oxygen atoms in total. The predicted octanol–water partition coefficient (Wildman–Crippen LogP) is 2.59. The van der Waals surface area contributed by atoms with Gasteiger partial charge in [-0.3, -0.25) is 0 Å². The summed E-state index contributed by atoms with van der Waals surface area (Å²) < 4.78 is 26.6. The van der Waals surface area contributed by atoms with Crippen LogP contribution in [-0.2, 0) is 6.54 Å². The molecule has 0 aliphatic heterocycles. The lowest BCUT2D eigenvalue weighted by Crippen LogP contribution is -2.56. The highest BCUT2D eigenvalue weighted by Crippen LogP contribution is 2.36. The molecule has 1 fully saturated rings. The zero-order chi connectivity index (χ0) is 14.9. The van der Waals surface area contributed by atoms with E-state index in [-0.39, 0.29) is 5.54 Å². The fraction of sp³-hybridized carbons (Fsp3) is 0.600. The fourth-order valence-electron chi connectivity index (χ4n) is 2.91. The molecule has 0 bridgehead atoms. The van der Waals surface area contributed by atoms with Gasteiger partial charge in [-0.25, -0.2) is 8.78 Å². The Morgan fingerprint density at radius 3 is 2.10 bits per heavy atom. The first kappa shape index (κ1) is 15.2. The quantitative estimate of drug-likeness (QED) is 0.900. The highest BCUT2D eigenvalue weighted by atomic mass is 19.1. The molecule has 0 radical (unpaired) electrons. The first-order valence-corrected chi connectivity index (χ1v) is 6.87. The molecule has 0 unspecified atom stereocenters. The van der Waals surface area contributed by atoms with Gasteiger partial charge in [0.25, 0.3) is 0 Å². The first-order valence-electron chi connectivity index (χ1n) is 6.87. The van der Waals surface area contributed by atoms with Crippen molar-refractivity contribution in [1.29, 1.82) is 0 Å². The molecule has 1 saturated carbocycles. The molecule has 0 aromatic heterocycles. The number of aromatic hydroxyl groups is 1. The third-order valence-corrected chi connectivity index (χ3v) is 4.33. The molecular formula is C15H22F2N2O. The van der Waals surface area contributed by atoms with E-state index in [0.717, 1.165) is 19.4 Å². The molecule has 0 saturated heterocycles. The predicted molar refractivity (Wildman–Crippen MR) is 74.6 cm³/mol. The Morgan fingerprint density at radius 1 is 1.15 bits per heavy atom. The SMILES string of the molecule is CN(Cc1cc(F)c(O)c(F)c1)CC1(N(C)C)CCC1. The van der Waals surface area contributed by atoms with Gasteiger partial charge in [0, 0.05) is 18.6 Å². The van der Waals surface area contributed by atoms with Crippen LogP contribution in [0.3, 0.4) is 0 Å². The molecule has 5 heteroatoms. The van der Waals surface area contributed by atoms with Crippen LogP contribution in [0.5, 0.6) is 5.75 Å². The number of likely N-dealkylation sites (N-methyl/N-ethyl adjacent to an activating group) is 2. The van der Waals surface area contributed by atoms with Gasteiger partial charge >= 0.3 is 0 Å². The minimum atomic E-state index is -0.903. The van der Waals surface area contributed by atoms with Gasteiger partial charge in [-0.15, -0.1) is 0 Å². The number of benzene rings is 1. The van der Waals surface area contributed by atoms with E-state index in [1.807, 2.05) is 7.05 Å². The smallest absolute Gasteiger partial charge is 0.187 e. The zero-order valence-corrected chi connectivity index (χ0v) is 12.3. The minimum Gasteiger partial charge on any atom is -0.503 e. The number of nitrogens with zero attached hydrogens (tertiary/aromatic N) is 2. The maximum absolute atomic E-state index is 13.3. The number of halogens is 2. The minimum absolute atomic E-state index is 0.183. The van der Waals surface area contributed by atoms with E-state index >= 15 is 0 Å². The Kier molecular flexibility index (Phi) is 4.30. The van der Waals surface area contributed by atoms with E-state index in [1.54, 1.807) is 0 Å². The van der Waals surface area contributed by atoms with Crippen molar-refractivity contribution >= 4 is 0 Å². The van der Waals surface area contributed by atoms with E-state index in [4.69, 9.17) is 5.11 Å². The van der Waals surface area contributed by atoms with Crippen molar-refractivity contribution in [3.8, 4) is 5.75 Å². The topological polar surface area (TPSA) is 26.7 Å². The summed E-state index contributed by atoms with van der Waals surface area (Å²) in [5.74, 6) is -2.71. The van der Waals surface area contributed by atoms with E-state index in [9.17, 15) is 8.78 Å². The largest absolute Gasteiger partial charge is 0.503 e. The van der Waals surface area contributed by atoms with Gasteiger partial charge in [-0.2, -0.15) is 0 Å². The molecular weight excluding hydrogens is 262 g/mol. The first-order chi connectivity index (χ1) is 9.34. The van der Waals surface area contributed by atoms with Crippen LogP contribution in [0.2, 0.25) is 0 Å². The Hall–Kier alpha value is -1.20. The van der Waals surface area contributed by atoms with Crippen LogP contribution in [0.1, 0.15) is 24.8 Å². The monoisotopic (exact) mass is 284 g/mol. The van der Waals surface area contributed by atoms with Crippen molar-refractivity contribution in [3.05, 3.63) is 29.3 Å². The second-order valence-electron chi connectivity index (χ2n) is 6.05. The van der Waals surface area contributed by atoms with Gasteiger partial charge in [-0.05, 0) is 58.1 Å². The van der Waals surface area contributed by atoms with E-state index in [2.05, 4.69) is 23.9 Å². The van der Waals surface area contributed by atoms with Crippen molar-refractivity contribution in [2.24, 2.45) is 0 Å². The highest BCUT2D eigenvalue weighted by Gasteiger charge is 2.39. The van der Waals surface area contributed by atoms with Gasteiger partial charge < -0.3 is 14.9 Å². The molecule has 0 atom stereocenters. The number of phenols is 1. The molecule has 0 amide bonds. The lowest BCUT2D eigenvalue weighted by atomic mass is 9.75. The lowest BCUT2D eigenvalue weighted by Gasteiger charge is -2.49. The van der Waals surface area contributed by atoms with Crippen LogP contribution >= 0.6 is 0 Å². The van der Waals surface area contributed by atoms with Gasteiger partial charge in [-0.1, -0.05) is 0 Å². The summed E-state index contributed by atoms with van der Waals surface area (Å²) in [6.45, 7) is 1.33. The van der Waals surface area contributed by atoms with Crippen LogP contribution in [0.4, 0.5) is 8.78 Å². The van der Waals surface area contributed by atoms with Crippen LogP contribution in [0, 0.1) is 11.6 Å². The molecule has 1 N–H and O–H groups in total. The second-order valence-corrected chi connectivity index (χ2v) is 6.05. The molecule has 1 aliphatic carbocycles. The van der Waals surface area contributed by atoms with Gasteiger partial charge in [0.05, 0.1) is 0 Å². The molecule has 112 valence electrons. The third-order valence-electron chi connectivity index (χ3n) is 4.33. The van der Waals surface area contributed by atoms with Gasteiger partial charge in [0.2, 0.25) is 0 Å². The molecule has 1 aliphatic rings. The number of rotatable bonds is 5. The van der Waals surface area contributed by atoms with Crippen LogP contribution in [0.15, 0.2) is 12.1 Å². The molecule has 0 heterocycles. The summed E-state index contributed by atoms with van der Waals surface area (Å²) in [6.07, 6.45) is 3.54. The van der Waals surface area contributed by atoms with Crippen molar-refractivity contribution in [2.45, 2.75) is 31.3 Å². The third kappa shape index (κ3) is 2.94. The Bertz CT molecular complexity index is 464. The Labute approximate surface area is 118 Å². The summed E-state index contributed by atoms with van der Waals surface area (Å²) in [7, 11) is 6.10. The summed E-state index contributed by atoms with van der Waals surface area (Å²) >= 11 is 0. The van der Waals surface area contributed by atoms with Crippen LogP contribution < -0.4 is 0 Å². The number of hydrogen-bond acceptors (Lipinski definition) is 3. The molecule has 1 aromatic rings. The lowest BCUT2D eigenvalue weighted by molar-refractivity contribution is 0.0258. The van der Waals surface area contributed by atoms with Gasteiger partial charge in [0.15, 0.2) is 17.4 Å². The standard InChI is InChI=1S/C15H22F2N2O/c1-18(2)15(5-4-6-15)10-19(3)9-11-7-12(16)14(20)13(17)8-11/h7-8,20H,4-6,9-10H2,1-3H3. The highest BCUT2D eigenvalue weighted by molar-refractivity contribution is 5.30. The van der Waals surface area contributed by atoms with Crippen molar-refractivity contribution in [1.82, 2.24) is 9.80 Å². The van der Waals surface area contributed by atoms with Crippen molar-refractivity contribution in [3.63, 3.8) is 0 Å². The molecule has 0 spiro atoms. The van der Waals surface area contributed by atoms with E-state index < -0.39 is 17.4 Å². The Balaban J connectivity index is 2.03. The molecule has 20 heavy (non-hydrogen) atoms. The summed E-state index contributed by atoms with van der Waals surface area (Å²) in [5.41, 5.74) is 0.719. The van der Waals surface area contributed by atoms with Crippen LogP contribution in [-0.4, -0.2) is 48.1 Å². The summed E-state index contributed by atoms with van der Waals surface area (Å²) in [6, 6.07) is 2.38. The van der Waals surface area contributed by atoms with Crippen molar-refractivity contribution in [2.75, 3.05) is 27.7 Å².